The van der Waals surface area contributed by atoms with E-state index in [4.69, 9.17) is 22.4 Å². The quantitative estimate of drug-likeness (QED) is 0.874. The molecule has 0 radical (unpaired) electrons. The number of nitrogens with zero attached hydrogens (tertiary/aromatic N) is 3. The summed E-state index contributed by atoms with van der Waals surface area (Å²) in [5, 5.41) is 16.3. The molecule has 0 aliphatic rings. The highest BCUT2D eigenvalue weighted by atomic mass is 35.5. The van der Waals surface area contributed by atoms with Crippen LogP contribution in [-0.2, 0) is 11.2 Å². The van der Waals surface area contributed by atoms with E-state index in [2.05, 4.69) is 10.3 Å². The van der Waals surface area contributed by atoms with E-state index in [-0.39, 0.29) is 11.4 Å². The number of carbonyl (C=O) groups is 1. The summed E-state index contributed by atoms with van der Waals surface area (Å²) >= 11 is 5.66. The SMILES string of the molecule is NC(Cc1cn(-c2ccc(F)c(Cl)c2)nn1)C(=O)O. The smallest absolute Gasteiger partial charge is 0.320 e. The molecule has 0 saturated heterocycles. The third-order valence-corrected chi connectivity index (χ3v) is 2.74. The van der Waals surface area contributed by atoms with Crippen molar-refractivity contribution in [3.8, 4) is 5.69 Å². The van der Waals surface area contributed by atoms with Gasteiger partial charge in [-0.2, -0.15) is 0 Å². The largest absolute Gasteiger partial charge is 0.480 e. The number of halogens is 2. The summed E-state index contributed by atoms with van der Waals surface area (Å²) in [7, 11) is 0. The van der Waals surface area contributed by atoms with Crippen molar-refractivity contribution in [2.75, 3.05) is 0 Å². The summed E-state index contributed by atoms with van der Waals surface area (Å²) < 4.78 is 14.4. The number of aliphatic carboxylic acids is 1. The van der Waals surface area contributed by atoms with E-state index in [0.29, 0.717) is 11.4 Å². The minimum Gasteiger partial charge on any atom is -0.480 e. The second kappa shape index (κ2) is 5.33. The summed E-state index contributed by atoms with van der Waals surface area (Å²) in [6, 6.07) is 3.05. The van der Waals surface area contributed by atoms with Gasteiger partial charge in [0.2, 0.25) is 0 Å². The zero-order valence-corrected chi connectivity index (χ0v) is 10.4. The molecule has 1 atom stereocenters. The monoisotopic (exact) mass is 284 g/mol. The van der Waals surface area contributed by atoms with Gasteiger partial charge in [-0.3, -0.25) is 4.79 Å². The van der Waals surface area contributed by atoms with Gasteiger partial charge in [0.1, 0.15) is 11.9 Å². The molecule has 8 heteroatoms. The fourth-order valence-electron chi connectivity index (χ4n) is 1.46. The molecule has 19 heavy (non-hydrogen) atoms. The van der Waals surface area contributed by atoms with Crippen LogP contribution in [0.3, 0.4) is 0 Å². The normalized spacial score (nSPS) is 12.4. The van der Waals surface area contributed by atoms with Crippen molar-refractivity contribution in [3.05, 3.63) is 40.9 Å². The van der Waals surface area contributed by atoms with Crippen LogP contribution >= 0.6 is 11.6 Å². The summed E-state index contributed by atoms with van der Waals surface area (Å²) in [6.45, 7) is 0. The van der Waals surface area contributed by atoms with E-state index in [0.717, 1.165) is 0 Å². The summed E-state index contributed by atoms with van der Waals surface area (Å²) in [5.41, 5.74) is 6.34. The van der Waals surface area contributed by atoms with Gasteiger partial charge < -0.3 is 10.8 Å². The van der Waals surface area contributed by atoms with Crippen molar-refractivity contribution in [3.63, 3.8) is 0 Å². The molecule has 1 aromatic heterocycles. The van der Waals surface area contributed by atoms with Crippen LogP contribution in [0.4, 0.5) is 4.39 Å². The average Bonchev–Trinajstić information content (AvgIpc) is 2.81. The highest BCUT2D eigenvalue weighted by Gasteiger charge is 2.15. The van der Waals surface area contributed by atoms with Crippen LogP contribution in [-0.4, -0.2) is 32.1 Å². The molecule has 1 unspecified atom stereocenters. The van der Waals surface area contributed by atoms with Crippen molar-refractivity contribution >= 4 is 17.6 Å². The number of nitrogens with two attached hydrogens (primary N) is 1. The first-order valence-electron chi connectivity index (χ1n) is 5.32. The zero-order chi connectivity index (χ0) is 14.0. The first-order valence-corrected chi connectivity index (χ1v) is 5.70. The molecule has 0 saturated carbocycles. The minimum absolute atomic E-state index is 0.0308. The predicted molar refractivity (Wildman–Crippen MR) is 65.6 cm³/mol. The lowest BCUT2D eigenvalue weighted by Crippen LogP contribution is -2.32. The number of benzene rings is 1. The lowest BCUT2D eigenvalue weighted by molar-refractivity contribution is -0.138. The first kappa shape index (κ1) is 13.4. The van der Waals surface area contributed by atoms with Crippen molar-refractivity contribution in [1.82, 2.24) is 15.0 Å². The van der Waals surface area contributed by atoms with Crippen LogP contribution in [0.15, 0.2) is 24.4 Å². The van der Waals surface area contributed by atoms with Gasteiger partial charge in [-0.15, -0.1) is 5.10 Å². The zero-order valence-electron chi connectivity index (χ0n) is 9.62. The van der Waals surface area contributed by atoms with Crippen LogP contribution in [0.1, 0.15) is 5.69 Å². The first-order chi connectivity index (χ1) is 8.97. The molecule has 0 spiro atoms. The van der Waals surface area contributed by atoms with Gasteiger partial charge in [0.05, 0.1) is 22.6 Å². The predicted octanol–water partition coefficient (Wildman–Crippen LogP) is 1.01. The lowest BCUT2D eigenvalue weighted by atomic mass is 10.2. The second-order valence-electron chi connectivity index (χ2n) is 3.90. The van der Waals surface area contributed by atoms with Gasteiger partial charge in [-0.1, -0.05) is 16.8 Å². The molecule has 2 rings (SSSR count). The van der Waals surface area contributed by atoms with Crippen LogP contribution in [0.5, 0.6) is 0 Å². The Labute approximate surface area is 112 Å². The molecule has 1 aromatic carbocycles. The molecule has 1 heterocycles. The fourth-order valence-corrected chi connectivity index (χ4v) is 1.63. The number of rotatable bonds is 4. The molecule has 0 amide bonds. The van der Waals surface area contributed by atoms with Crippen molar-refractivity contribution < 1.29 is 14.3 Å². The Balaban J connectivity index is 2.20. The molecule has 0 bridgehead atoms. The fraction of sp³-hybridized carbons (Fsp3) is 0.182. The van der Waals surface area contributed by atoms with E-state index in [1.54, 1.807) is 0 Å². The Morgan fingerprint density at radius 1 is 1.58 bits per heavy atom. The van der Waals surface area contributed by atoms with Crippen molar-refractivity contribution in [1.29, 1.82) is 0 Å². The number of aromatic nitrogens is 3. The Kier molecular flexibility index (Phi) is 3.77. The molecule has 2 aromatic rings. The van der Waals surface area contributed by atoms with Crippen LogP contribution in [0.2, 0.25) is 5.02 Å². The number of hydrogen-bond acceptors (Lipinski definition) is 4. The van der Waals surface area contributed by atoms with Crippen LogP contribution < -0.4 is 5.73 Å². The maximum Gasteiger partial charge on any atom is 0.320 e. The summed E-state index contributed by atoms with van der Waals surface area (Å²) in [5.74, 6) is -1.64. The Bertz CT molecular complexity index is 616. The van der Waals surface area contributed by atoms with Gasteiger partial charge in [0.15, 0.2) is 0 Å². The van der Waals surface area contributed by atoms with E-state index in [9.17, 15) is 9.18 Å². The molecule has 3 N–H and O–H groups in total. The maximum absolute atomic E-state index is 13.0. The summed E-state index contributed by atoms with van der Waals surface area (Å²) in [6.07, 6.45) is 1.58. The van der Waals surface area contributed by atoms with Crippen molar-refractivity contribution in [2.45, 2.75) is 12.5 Å². The van der Waals surface area contributed by atoms with E-state index < -0.39 is 17.8 Å². The summed E-state index contributed by atoms with van der Waals surface area (Å²) in [4.78, 5) is 10.6. The molecule has 6 nitrogen and oxygen atoms in total. The van der Waals surface area contributed by atoms with E-state index >= 15 is 0 Å². The topological polar surface area (TPSA) is 94.0 Å². The number of carboxylic acid groups (broad SMARTS) is 1. The van der Waals surface area contributed by atoms with Gasteiger partial charge in [-0.05, 0) is 18.2 Å². The Morgan fingerprint density at radius 3 is 2.95 bits per heavy atom. The van der Waals surface area contributed by atoms with Crippen LogP contribution in [0.25, 0.3) is 5.69 Å². The van der Waals surface area contributed by atoms with Crippen molar-refractivity contribution in [2.24, 2.45) is 5.73 Å². The van der Waals surface area contributed by atoms with E-state index in [1.807, 2.05) is 0 Å². The molecular formula is C11H10ClFN4O2. The highest BCUT2D eigenvalue weighted by molar-refractivity contribution is 6.30. The Hall–Kier alpha value is -1.99. The molecule has 0 fully saturated rings. The molecule has 0 aliphatic carbocycles. The lowest BCUT2D eigenvalue weighted by Gasteiger charge is -2.02. The van der Waals surface area contributed by atoms with Gasteiger partial charge in [-0.25, -0.2) is 9.07 Å². The number of carboxylic acids is 1. The van der Waals surface area contributed by atoms with Gasteiger partial charge in [0.25, 0.3) is 0 Å². The average molecular weight is 285 g/mol. The third kappa shape index (κ3) is 3.07. The standard InChI is InChI=1S/C11H10ClFN4O2/c12-8-4-7(1-2-9(8)13)17-5-6(15-16-17)3-10(14)11(18)19/h1-2,4-5,10H,3,14H2,(H,18,19). The molecule has 0 aliphatic heterocycles. The van der Waals surface area contributed by atoms with Gasteiger partial charge in [0, 0.05) is 6.42 Å². The third-order valence-electron chi connectivity index (χ3n) is 2.45. The maximum atomic E-state index is 13.0. The minimum atomic E-state index is -1.11. The second-order valence-corrected chi connectivity index (χ2v) is 4.31. The molecular weight excluding hydrogens is 275 g/mol. The molecule has 100 valence electrons. The van der Waals surface area contributed by atoms with Gasteiger partial charge >= 0.3 is 5.97 Å². The van der Waals surface area contributed by atoms with Crippen LogP contribution in [0, 0.1) is 5.82 Å². The number of hydrogen-bond donors (Lipinski definition) is 2. The van der Waals surface area contributed by atoms with E-state index in [1.165, 1.54) is 29.1 Å². The highest BCUT2D eigenvalue weighted by Crippen LogP contribution is 2.18. The Morgan fingerprint density at radius 2 is 2.32 bits per heavy atom.